The van der Waals surface area contributed by atoms with Gasteiger partial charge in [-0.15, -0.1) is 12.4 Å². The second kappa shape index (κ2) is 10.2. The molecule has 0 aliphatic carbocycles. The van der Waals surface area contributed by atoms with Crippen LogP contribution in [0.5, 0.6) is 0 Å². The van der Waals surface area contributed by atoms with E-state index in [0.29, 0.717) is 12.1 Å². The summed E-state index contributed by atoms with van der Waals surface area (Å²) in [5.41, 5.74) is 0. The smallest absolute Gasteiger partial charge is 0.0892 e. The Kier molecular flexibility index (Phi) is 11.5. The van der Waals surface area contributed by atoms with E-state index in [1.54, 1.807) is 0 Å². The summed E-state index contributed by atoms with van der Waals surface area (Å²) in [5.74, 6) is 0. The summed E-state index contributed by atoms with van der Waals surface area (Å²) < 4.78 is 0. The highest BCUT2D eigenvalue weighted by Gasteiger charge is 2.11. The molecule has 0 spiro atoms. The molecular weight excluding hydrogens is 210 g/mol. The fourth-order valence-corrected chi connectivity index (χ4v) is 1.45. The van der Waals surface area contributed by atoms with Crippen LogP contribution in [-0.2, 0) is 0 Å². The van der Waals surface area contributed by atoms with Crippen molar-refractivity contribution in [3.63, 3.8) is 0 Å². The molecule has 0 unspecified atom stereocenters. The van der Waals surface area contributed by atoms with Crippen LogP contribution in [0.2, 0.25) is 0 Å². The Hall–Kier alpha value is -0.370. The van der Waals surface area contributed by atoms with Gasteiger partial charge in [0.05, 0.1) is 12.6 Å². The van der Waals surface area contributed by atoms with Gasteiger partial charge in [0.25, 0.3) is 0 Å². The first-order valence-corrected chi connectivity index (χ1v) is 5.43. The van der Waals surface area contributed by atoms with E-state index in [2.05, 4.69) is 48.6 Å². The highest BCUT2D eigenvalue weighted by atomic mass is 35.5. The third-order valence-electron chi connectivity index (χ3n) is 2.10. The molecule has 0 aromatic rings. The maximum absolute atomic E-state index is 4.11. The number of hydrogen-bond acceptors (Lipinski definition) is 3. The molecule has 0 saturated heterocycles. The van der Waals surface area contributed by atoms with Crippen LogP contribution >= 0.6 is 12.4 Å². The van der Waals surface area contributed by atoms with Crippen molar-refractivity contribution >= 4 is 18.4 Å². The molecule has 0 rings (SSSR count). The number of rotatable bonds is 6. The van der Waals surface area contributed by atoms with Crippen LogP contribution < -0.4 is 0 Å². The molecule has 0 aromatic heterocycles. The van der Waals surface area contributed by atoms with Crippen molar-refractivity contribution in [3.05, 3.63) is 0 Å². The van der Waals surface area contributed by atoms with E-state index in [9.17, 15) is 0 Å². The standard InChI is InChI=1S/C11H23N3.ClH/c1-6-12-9-13-7-8-14(10(2)3)11(4)5;/h10-11H,6-8H2,1-5H3;1H. The molecule has 4 heteroatoms. The fraction of sp³-hybridized carbons (Fsp3) is 0.909. The molecule has 0 aromatic carbocycles. The van der Waals surface area contributed by atoms with Gasteiger partial charge in [0.15, 0.2) is 0 Å². The lowest BCUT2D eigenvalue weighted by molar-refractivity contribution is 0.181. The van der Waals surface area contributed by atoms with E-state index in [-0.39, 0.29) is 12.4 Å². The van der Waals surface area contributed by atoms with Crippen LogP contribution in [0.1, 0.15) is 34.6 Å². The number of aliphatic imine (C=N–C) groups is 2. The van der Waals surface area contributed by atoms with Crippen LogP contribution in [0.3, 0.4) is 0 Å². The second-order valence-corrected chi connectivity index (χ2v) is 3.88. The number of hydrogen-bond donors (Lipinski definition) is 0. The van der Waals surface area contributed by atoms with Gasteiger partial charge < -0.3 is 0 Å². The van der Waals surface area contributed by atoms with Crippen molar-refractivity contribution in [1.29, 1.82) is 0 Å². The summed E-state index contributed by atoms with van der Waals surface area (Å²) in [6, 6.07) is 3.85. The van der Waals surface area contributed by atoms with E-state index < -0.39 is 0 Å². The van der Waals surface area contributed by atoms with Crippen molar-refractivity contribution in [1.82, 2.24) is 4.90 Å². The lowest BCUT2D eigenvalue weighted by atomic mass is 10.2. The predicted molar refractivity (Wildman–Crippen MR) is 69.5 cm³/mol. The molecule has 0 bridgehead atoms. The predicted octanol–water partition coefficient (Wildman–Crippen LogP) is 2.72. The normalized spacial score (nSPS) is 10.1. The van der Waals surface area contributed by atoms with Gasteiger partial charge in [-0.05, 0) is 34.6 Å². The Morgan fingerprint density at radius 2 is 1.60 bits per heavy atom. The van der Waals surface area contributed by atoms with Gasteiger partial charge in [-0.25, -0.2) is 9.98 Å². The van der Waals surface area contributed by atoms with Gasteiger partial charge in [-0.3, -0.25) is 4.90 Å². The van der Waals surface area contributed by atoms with Crippen molar-refractivity contribution < 1.29 is 0 Å². The van der Waals surface area contributed by atoms with E-state index in [4.69, 9.17) is 0 Å². The molecule has 0 atom stereocenters. The first-order chi connectivity index (χ1) is 6.59. The Morgan fingerprint density at radius 3 is 2.00 bits per heavy atom. The first-order valence-electron chi connectivity index (χ1n) is 5.43. The Labute approximate surface area is 100 Å². The minimum atomic E-state index is 0. The van der Waals surface area contributed by atoms with Crippen molar-refractivity contribution in [3.8, 4) is 0 Å². The van der Waals surface area contributed by atoms with Gasteiger partial charge in [-0.2, -0.15) is 0 Å². The summed E-state index contributed by atoms with van der Waals surface area (Å²) in [5, 5.41) is 0. The highest BCUT2D eigenvalue weighted by Crippen LogP contribution is 2.03. The Bertz CT molecular complexity index is 188. The SMILES string of the molecule is CCN=C=NCCN(C(C)C)C(C)C.Cl. The van der Waals surface area contributed by atoms with Crippen molar-refractivity contribution in [2.45, 2.75) is 46.7 Å². The average molecular weight is 234 g/mol. The number of nitrogens with zero attached hydrogens (tertiary/aromatic N) is 3. The van der Waals surface area contributed by atoms with Crippen LogP contribution in [0.4, 0.5) is 0 Å². The Morgan fingerprint density at radius 1 is 1.07 bits per heavy atom. The minimum absolute atomic E-state index is 0. The molecule has 0 fully saturated rings. The summed E-state index contributed by atoms with van der Waals surface area (Å²) in [6.45, 7) is 13.4. The van der Waals surface area contributed by atoms with Crippen LogP contribution in [-0.4, -0.2) is 42.6 Å². The first kappa shape index (κ1) is 17.0. The molecule has 0 N–H and O–H groups in total. The molecule has 3 nitrogen and oxygen atoms in total. The van der Waals surface area contributed by atoms with E-state index >= 15 is 0 Å². The molecular formula is C11H24ClN3. The molecule has 0 heterocycles. The number of halogens is 1. The molecule has 0 amide bonds. The summed E-state index contributed by atoms with van der Waals surface area (Å²) >= 11 is 0. The molecule has 90 valence electrons. The lowest BCUT2D eigenvalue weighted by Crippen LogP contribution is -2.38. The maximum atomic E-state index is 4.11. The monoisotopic (exact) mass is 233 g/mol. The van der Waals surface area contributed by atoms with Crippen molar-refractivity contribution in [2.75, 3.05) is 19.6 Å². The fourth-order valence-electron chi connectivity index (χ4n) is 1.45. The summed E-state index contributed by atoms with van der Waals surface area (Å²) in [4.78, 5) is 10.4. The minimum Gasteiger partial charge on any atom is -0.297 e. The van der Waals surface area contributed by atoms with E-state index in [0.717, 1.165) is 19.6 Å². The summed E-state index contributed by atoms with van der Waals surface area (Å²) in [7, 11) is 0. The second-order valence-electron chi connectivity index (χ2n) is 3.88. The third-order valence-corrected chi connectivity index (χ3v) is 2.10. The largest absolute Gasteiger partial charge is 0.297 e. The quantitative estimate of drug-likeness (QED) is 0.649. The molecule has 0 aliphatic rings. The van der Waals surface area contributed by atoms with Gasteiger partial charge in [0.2, 0.25) is 0 Å². The molecule has 0 saturated carbocycles. The topological polar surface area (TPSA) is 28.0 Å². The molecule has 0 aliphatic heterocycles. The highest BCUT2D eigenvalue weighted by molar-refractivity contribution is 5.85. The zero-order chi connectivity index (χ0) is 11.0. The van der Waals surface area contributed by atoms with Crippen LogP contribution in [0.25, 0.3) is 0 Å². The average Bonchev–Trinajstić information content (AvgIpc) is 2.09. The van der Waals surface area contributed by atoms with Crippen LogP contribution in [0, 0.1) is 0 Å². The summed E-state index contributed by atoms with van der Waals surface area (Å²) in [6.07, 6.45) is 0. The van der Waals surface area contributed by atoms with Gasteiger partial charge in [0.1, 0.15) is 0 Å². The maximum Gasteiger partial charge on any atom is 0.0892 e. The van der Waals surface area contributed by atoms with Crippen molar-refractivity contribution in [2.24, 2.45) is 9.98 Å². The van der Waals surface area contributed by atoms with E-state index in [1.807, 2.05) is 6.92 Å². The lowest BCUT2D eigenvalue weighted by Gasteiger charge is -2.29. The van der Waals surface area contributed by atoms with Gasteiger partial charge in [-0.1, -0.05) is 0 Å². The van der Waals surface area contributed by atoms with Crippen LogP contribution in [0.15, 0.2) is 9.98 Å². The van der Waals surface area contributed by atoms with Gasteiger partial charge >= 0.3 is 0 Å². The zero-order valence-corrected chi connectivity index (χ0v) is 11.3. The zero-order valence-electron chi connectivity index (χ0n) is 10.5. The van der Waals surface area contributed by atoms with E-state index in [1.165, 1.54) is 0 Å². The third kappa shape index (κ3) is 8.61. The van der Waals surface area contributed by atoms with Gasteiger partial charge in [0, 0.05) is 25.2 Å². The molecule has 0 radical (unpaired) electrons. The Balaban J connectivity index is 0. The molecule has 15 heavy (non-hydrogen) atoms.